The van der Waals surface area contributed by atoms with Gasteiger partial charge in [-0.2, -0.15) is 0 Å². The largest absolute Gasteiger partial charge is 0.369 e. The van der Waals surface area contributed by atoms with Gasteiger partial charge in [0.1, 0.15) is 5.82 Å². The Morgan fingerprint density at radius 2 is 2.33 bits per heavy atom. The average Bonchev–Trinajstić information content (AvgIpc) is 2.86. The van der Waals surface area contributed by atoms with Crippen molar-refractivity contribution in [3.8, 4) is 0 Å². The van der Waals surface area contributed by atoms with Crippen molar-refractivity contribution in [2.75, 3.05) is 19.3 Å². The fraction of sp³-hybridized carbons (Fsp3) is 0.462. The molecule has 2 heterocycles. The highest BCUT2D eigenvalue weighted by Gasteiger charge is 2.22. The Bertz CT molecular complexity index is 578. The number of halogens is 1. The second-order valence-electron chi connectivity index (χ2n) is 4.99. The van der Waals surface area contributed by atoms with E-state index in [1.165, 1.54) is 18.6 Å². The van der Waals surface area contributed by atoms with E-state index < -0.39 is 0 Å². The van der Waals surface area contributed by atoms with Crippen LogP contribution in [-0.4, -0.2) is 34.1 Å². The van der Waals surface area contributed by atoms with Gasteiger partial charge in [-0.3, -0.25) is 0 Å². The van der Waals surface area contributed by atoms with Gasteiger partial charge in [0.2, 0.25) is 5.95 Å². The normalized spacial score (nSPS) is 20.9. The van der Waals surface area contributed by atoms with Crippen LogP contribution in [0.2, 0.25) is 0 Å². The lowest BCUT2D eigenvalue weighted by Crippen LogP contribution is -2.29. The van der Waals surface area contributed by atoms with Crippen LogP contribution >= 0.6 is 0 Å². The van der Waals surface area contributed by atoms with Gasteiger partial charge >= 0.3 is 0 Å². The smallest absolute Gasteiger partial charge is 0.201 e. The zero-order valence-corrected chi connectivity index (χ0v) is 10.4. The minimum absolute atomic E-state index is 0.247. The van der Waals surface area contributed by atoms with Gasteiger partial charge in [0.05, 0.1) is 11.0 Å². The molecule has 0 saturated carbocycles. The molecule has 1 fully saturated rings. The maximum atomic E-state index is 13.3. The molecule has 4 nitrogen and oxygen atoms in total. The van der Waals surface area contributed by atoms with E-state index in [0.29, 0.717) is 12.0 Å². The number of aromatic nitrogens is 2. The van der Waals surface area contributed by atoms with Gasteiger partial charge in [0.15, 0.2) is 0 Å². The van der Waals surface area contributed by atoms with E-state index in [0.717, 1.165) is 30.5 Å². The summed E-state index contributed by atoms with van der Waals surface area (Å²) in [6.07, 6.45) is 2.37. The third kappa shape index (κ3) is 1.84. The van der Waals surface area contributed by atoms with Crippen LogP contribution in [0.1, 0.15) is 12.8 Å². The van der Waals surface area contributed by atoms with E-state index in [9.17, 15) is 4.39 Å². The summed E-state index contributed by atoms with van der Waals surface area (Å²) in [5.41, 5.74) is 7.48. The maximum absolute atomic E-state index is 13.3. The summed E-state index contributed by atoms with van der Waals surface area (Å²) < 4.78 is 15.2. The molecule has 1 aliphatic rings. The van der Waals surface area contributed by atoms with Crippen LogP contribution in [0, 0.1) is 5.82 Å². The molecular formula is C13H17FN4. The average molecular weight is 248 g/mol. The lowest BCUT2D eigenvalue weighted by atomic mass is 10.2. The molecule has 0 aliphatic carbocycles. The molecule has 2 N–H and O–H groups in total. The molecule has 1 saturated heterocycles. The summed E-state index contributed by atoms with van der Waals surface area (Å²) in [5.74, 6) is 0.222. The molecule has 2 aromatic rings. The van der Waals surface area contributed by atoms with Crippen molar-refractivity contribution in [2.24, 2.45) is 0 Å². The summed E-state index contributed by atoms with van der Waals surface area (Å²) in [6, 6.07) is 5.07. The van der Waals surface area contributed by atoms with Crippen molar-refractivity contribution in [3.05, 3.63) is 24.0 Å². The van der Waals surface area contributed by atoms with Crippen LogP contribution in [0.3, 0.4) is 0 Å². The van der Waals surface area contributed by atoms with Crippen molar-refractivity contribution in [2.45, 2.75) is 25.4 Å². The molecule has 1 aliphatic heterocycles. The number of imidazole rings is 1. The Hall–Kier alpha value is -1.62. The van der Waals surface area contributed by atoms with Crippen LogP contribution in [0.5, 0.6) is 0 Å². The van der Waals surface area contributed by atoms with Gasteiger partial charge < -0.3 is 15.2 Å². The summed E-state index contributed by atoms with van der Waals surface area (Å²) >= 11 is 0. The third-order valence-electron chi connectivity index (χ3n) is 3.80. The van der Waals surface area contributed by atoms with Gasteiger partial charge in [-0.25, -0.2) is 9.37 Å². The minimum atomic E-state index is -0.247. The fourth-order valence-electron chi connectivity index (χ4n) is 2.73. The zero-order chi connectivity index (χ0) is 12.7. The molecule has 0 bridgehead atoms. The topological polar surface area (TPSA) is 47.1 Å². The molecule has 1 aromatic heterocycles. The van der Waals surface area contributed by atoms with Gasteiger partial charge in [-0.1, -0.05) is 0 Å². The van der Waals surface area contributed by atoms with Crippen LogP contribution in [0.15, 0.2) is 18.2 Å². The van der Waals surface area contributed by atoms with Crippen LogP contribution < -0.4 is 5.73 Å². The number of likely N-dealkylation sites (N-methyl/N-ethyl adjacent to an activating group) is 1. The first-order chi connectivity index (χ1) is 8.65. The van der Waals surface area contributed by atoms with Crippen molar-refractivity contribution in [1.82, 2.24) is 14.5 Å². The lowest BCUT2D eigenvalue weighted by molar-refractivity contribution is 0.285. The van der Waals surface area contributed by atoms with Crippen molar-refractivity contribution in [3.63, 3.8) is 0 Å². The van der Waals surface area contributed by atoms with E-state index in [1.54, 1.807) is 6.07 Å². The minimum Gasteiger partial charge on any atom is -0.369 e. The van der Waals surface area contributed by atoms with Gasteiger partial charge in [0.25, 0.3) is 0 Å². The Labute approximate surface area is 105 Å². The number of likely N-dealkylation sites (tertiary alicyclic amines) is 1. The fourth-order valence-corrected chi connectivity index (χ4v) is 2.73. The number of rotatable bonds is 2. The number of hydrogen-bond acceptors (Lipinski definition) is 3. The van der Waals surface area contributed by atoms with Crippen molar-refractivity contribution in [1.29, 1.82) is 0 Å². The number of nitrogen functional groups attached to an aromatic ring is 1. The predicted molar refractivity (Wildman–Crippen MR) is 69.8 cm³/mol. The Morgan fingerprint density at radius 3 is 3.06 bits per heavy atom. The highest BCUT2D eigenvalue weighted by molar-refractivity contribution is 5.78. The van der Waals surface area contributed by atoms with E-state index in [2.05, 4.69) is 16.9 Å². The van der Waals surface area contributed by atoms with Crippen LogP contribution in [0.4, 0.5) is 10.3 Å². The quantitative estimate of drug-likeness (QED) is 0.882. The monoisotopic (exact) mass is 248 g/mol. The molecule has 96 valence electrons. The van der Waals surface area contributed by atoms with E-state index in [-0.39, 0.29) is 5.82 Å². The Morgan fingerprint density at radius 1 is 1.50 bits per heavy atom. The maximum Gasteiger partial charge on any atom is 0.201 e. The molecule has 5 heteroatoms. The lowest BCUT2D eigenvalue weighted by Gasteiger charge is -2.20. The first kappa shape index (κ1) is 11.5. The predicted octanol–water partition coefficient (Wildman–Crippen LogP) is 1.85. The Kier molecular flexibility index (Phi) is 2.70. The molecule has 0 radical (unpaired) electrons. The molecule has 3 rings (SSSR count). The third-order valence-corrected chi connectivity index (χ3v) is 3.80. The zero-order valence-electron chi connectivity index (χ0n) is 10.4. The van der Waals surface area contributed by atoms with Gasteiger partial charge in [0, 0.05) is 12.6 Å². The molecule has 0 spiro atoms. The highest BCUT2D eigenvalue weighted by Crippen LogP contribution is 2.23. The molecule has 1 unspecified atom stereocenters. The molecule has 18 heavy (non-hydrogen) atoms. The van der Waals surface area contributed by atoms with E-state index in [4.69, 9.17) is 5.73 Å². The second kappa shape index (κ2) is 4.24. The molecule has 0 amide bonds. The standard InChI is InChI=1S/C13H17FN4/c1-17-6-2-3-10(17)8-18-12-7-9(14)4-5-11(12)16-13(18)15/h4-5,7,10H,2-3,6,8H2,1H3,(H2,15,16). The van der Waals surface area contributed by atoms with E-state index >= 15 is 0 Å². The van der Waals surface area contributed by atoms with Gasteiger partial charge in [-0.05, 0) is 44.6 Å². The number of nitrogens with zero attached hydrogens (tertiary/aromatic N) is 3. The van der Waals surface area contributed by atoms with Crippen LogP contribution in [0.25, 0.3) is 11.0 Å². The first-order valence-corrected chi connectivity index (χ1v) is 6.26. The summed E-state index contributed by atoms with van der Waals surface area (Å²) in [7, 11) is 2.12. The summed E-state index contributed by atoms with van der Waals surface area (Å²) in [5, 5.41) is 0. The van der Waals surface area contributed by atoms with Crippen LogP contribution in [-0.2, 0) is 6.54 Å². The number of anilines is 1. The van der Waals surface area contributed by atoms with E-state index in [1.807, 2.05) is 4.57 Å². The second-order valence-corrected chi connectivity index (χ2v) is 4.99. The highest BCUT2D eigenvalue weighted by atomic mass is 19.1. The van der Waals surface area contributed by atoms with Crippen molar-refractivity contribution < 1.29 is 4.39 Å². The number of nitrogens with two attached hydrogens (primary N) is 1. The van der Waals surface area contributed by atoms with Gasteiger partial charge in [-0.15, -0.1) is 0 Å². The first-order valence-electron chi connectivity index (χ1n) is 6.26. The summed E-state index contributed by atoms with van der Waals surface area (Å²) in [4.78, 5) is 6.60. The molecule has 1 atom stereocenters. The molecule has 1 aromatic carbocycles. The number of benzene rings is 1. The number of hydrogen-bond donors (Lipinski definition) is 1. The SMILES string of the molecule is CN1CCCC1Cn1c(N)nc2ccc(F)cc21. The number of fused-ring (bicyclic) bond motifs is 1. The van der Waals surface area contributed by atoms with Crippen molar-refractivity contribution >= 4 is 17.0 Å². The summed E-state index contributed by atoms with van der Waals surface area (Å²) in [6.45, 7) is 1.90. The molecular weight excluding hydrogens is 231 g/mol. The Balaban J connectivity index is 1.99.